The minimum absolute atomic E-state index is 0.624. The maximum absolute atomic E-state index is 5.87. The molecule has 2 aromatic rings. The number of para-hydroxylation sites is 1. The second-order valence-corrected chi connectivity index (χ2v) is 5.08. The highest BCUT2D eigenvalue weighted by Crippen LogP contribution is 2.27. The number of hydrogen-bond donors (Lipinski definition) is 1. The Morgan fingerprint density at radius 1 is 1.11 bits per heavy atom. The second-order valence-electron chi connectivity index (χ2n) is 5.08. The molecule has 0 bridgehead atoms. The average Bonchev–Trinajstić information content (AvgIpc) is 2.47. The van der Waals surface area contributed by atoms with E-state index in [0.29, 0.717) is 6.61 Å². The van der Waals surface area contributed by atoms with E-state index in [4.69, 9.17) is 4.74 Å². The summed E-state index contributed by atoms with van der Waals surface area (Å²) in [5.41, 5.74) is 5.20. The first-order valence-electron chi connectivity index (χ1n) is 6.87. The van der Waals surface area contributed by atoms with E-state index in [1.54, 1.807) is 0 Å². The molecule has 19 heavy (non-hydrogen) atoms. The predicted molar refractivity (Wildman–Crippen MR) is 78.8 cm³/mol. The molecule has 2 aromatic carbocycles. The molecule has 0 amide bonds. The van der Waals surface area contributed by atoms with Crippen LogP contribution in [0, 0.1) is 6.92 Å². The number of fused-ring (bicyclic) bond motifs is 1. The van der Waals surface area contributed by atoms with Crippen molar-refractivity contribution in [2.75, 3.05) is 11.9 Å². The average molecular weight is 253 g/mol. The van der Waals surface area contributed by atoms with Crippen LogP contribution in [-0.2, 0) is 13.0 Å². The maximum atomic E-state index is 5.87. The lowest BCUT2D eigenvalue weighted by atomic mass is 10.00. The van der Waals surface area contributed by atoms with Crippen molar-refractivity contribution in [1.82, 2.24) is 0 Å². The quantitative estimate of drug-likeness (QED) is 0.894. The van der Waals surface area contributed by atoms with Gasteiger partial charge in [0.25, 0.3) is 0 Å². The summed E-state index contributed by atoms with van der Waals surface area (Å²) in [5, 5.41) is 3.50. The van der Waals surface area contributed by atoms with Gasteiger partial charge in [-0.15, -0.1) is 0 Å². The largest absolute Gasteiger partial charge is 0.489 e. The van der Waals surface area contributed by atoms with E-state index in [2.05, 4.69) is 42.6 Å². The molecule has 0 radical (unpaired) electrons. The number of anilines is 1. The van der Waals surface area contributed by atoms with Crippen molar-refractivity contribution in [3.8, 4) is 5.75 Å². The highest BCUT2D eigenvalue weighted by molar-refractivity contribution is 5.59. The summed E-state index contributed by atoms with van der Waals surface area (Å²) < 4.78 is 5.87. The normalized spacial score (nSPS) is 13.5. The van der Waals surface area contributed by atoms with E-state index >= 15 is 0 Å². The molecule has 0 spiro atoms. The fourth-order valence-electron chi connectivity index (χ4n) is 2.50. The Kier molecular flexibility index (Phi) is 3.41. The lowest BCUT2D eigenvalue weighted by Gasteiger charge is -2.21. The van der Waals surface area contributed by atoms with Crippen molar-refractivity contribution in [3.63, 3.8) is 0 Å². The fraction of sp³-hybridized carbons (Fsp3) is 0.294. The van der Waals surface area contributed by atoms with Crippen molar-refractivity contribution < 1.29 is 4.74 Å². The van der Waals surface area contributed by atoms with Crippen molar-refractivity contribution >= 4 is 5.69 Å². The lowest BCUT2D eigenvalue weighted by Crippen LogP contribution is -2.14. The van der Waals surface area contributed by atoms with Crippen LogP contribution in [-0.4, -0.2) is 6.54 Å². The molecule has 0 saturated carbocycles. The second kappa shape index (κ2) is 5.35. The zero-order valence-electron chi connectivity index (χ0n) is 11.3. The molecule has 1 N–H and O–H groups in total. The van der Waals surface area contributed by atoms with Crippen molar-refractivity contribution in [2.45, 2.75) is 26.4 Å². The third-order valence-electron chi connectivity index (χ3n) is 3.58. The molecule has 2 nitrogen and oxygen atoms in total. The van der Waals surface area contributed by atoms with E-state index < -0.39 is 0 Å². The molecular weight excluding hydrogens is 234 g/mol. The van der Waals surface area contributed by atoms with Crippen molar-refractivity contribution in [2.24, 2.45) is 0 Å². The van der Waals surface area contributed by atoms with Crippen LogP contribution in [0.1, 0.15) is 23.1 Å². The van der Waals surface area contributed by atoms with Gasteiger partial charge in [-0.05, 0) is 37.5 Å². The van der Waals surface area contributed by atoms with Crippen LogP contribution < -0.4 is 10.1 Å². The van der Waals surface area contributed by atoms with Crippen LogP contribution in [0.2, 0.25) is 0 Å². The fourth-order valence-corrected chi connectivity index (χ4v) is 2.50. The Hall–Kier alpha value is -1.96. The molecule has 0 fully saturated rings. The molecule has 1 aliphatic heterocycles. The smallest absolute Gasteiger partial charge is 0.119 e. The summed E-state index contributed by atoms with van der Waals surface area (Å²) in [6.45, 7) is 3.77. The van der Waals surface area contributed by atoms with Gasteiger partial charge in [0.1, 0.15) is 12.4 Å². The Balaban J connectivity index is 1.75. The zero-order chi connectivity index (χ0) is 13.1. The summed E-state index contributed by atoms with van der Waals surface area (Å²) >= 11 is 0. The van der Waals surface area contributed by atoms with Gasteiger partial charge in [0, 0.05) is 17.8 Å². The highest BCUT2D eigenvalue weighted by Gasteiger charge is 2.12. The van der Waals surface area contributed by atoms with Gasteiger partial charge in [0.15, 0.2) is 0 Å². The summed E-state index contributed by atoms with van der Waals surface area (Å²) in [6, 6.07) is 14.7. The molecule has 0 aliphatic carbocycles. The molecule has 0 aromatic heterocycles. The summed E-state index contributed by atoms with van der Waals surface area (Å²) in [5.74, 6) is 0.930. The first kappa shape index (κ1) is 12.1. The molecule has 0 saturated heterocycles. The van der Waals surface area contributed by atoms with Crippen LogP contribution in [0.5, 0.6) is 5.75 Å². The van der Waals surface area contributed by atoms with Gasteiger partial charge in [-0.25, -0.2) is 0 Å². The van der Waals surface area contributed by atoms with Crippen LogP contribution >= 0.6 is 0 Å². The van der Waals surface area contributed by atoms with Crippen molar-refractivity contribution in [3.05, 3.63) is 59.2 Å². The number of benzene rings is 2. The minimum Gasteiger partial charge on any atom is -0.489 e. The topological polar surface area (TPSA) is 21.3 Å². The number of nitrogens with one attached hydrogen (secondary N) is 1. The summed E-state index contributed by atoms with van der Waals surface area (Å²) in [4.78, 5) is 0. The highest BCUT2D eigenvalue weighted by atomic mass is 16.5. The molecule has 0 atom stereocenters. The standard InChI is InChI=1S/C17H19NO/c1-13-7-9-16(10-8-13)19-12-15-5-2-4-14-6-3-11-18-17(14)15/h2,4-5,7-10,18H,3,6,11-12H2,1H3. The minimum atomic E-state index is 0.624. The van der Waals surface area contributed by atoms with Gasteiger partial charge >= 0.3 is 0 Å². The van der Waals surface area contributed by atoms with Crippen molar-refractivity contribution in [1.29, 1.82) is 0 Å². The summed E-state index contributed by atoms with van der Waals surface area (Å²) in [6.07, 6.45) is 2.38. The monoisotopic (exact) mass is 253 g/mol. The first-order valence-corrected chi connectivity index (χ1v) is 6.87. The van der Waals surface area contributed by atoms with Crippen LogP contribution in [0.15, 0.2) is 42.5 Å². The third kappa shape index (κ3) is 2.73. The molecule has 3 rings (SSSR count). The van der Waals surface area contributed by atoms with Crippen LogP contribution in [0.3, 0.4) is 0 Å². The van der Waals surface area contributed by atoms with E-state index in [9.17, 15) is 0 Å². The predicted octanol–water partition coefficient (Wildman–Crippen LogP) is 3.93. The van der Waals surface area contributed by atoms with Gasteiger partial charge in [0.05, 0.1) is 0 Å². The Bertz CT molecular complexity index is 560. The molecular formula is C17H19NO. The van der Waals surface area contributed by atoms with E-state index in [1.807, 2.05) is 12.1 Å². The van der Waals surface area contributed by atoms with Crippen LogP contribution in [0.25, 0.3) is 0 Å². The number of aryl methyl sites for hydroxylation is 2. The van der Waals surface area contributed by atoms with Gasteiger partial charge in [0.2, 0.25) is 0 Å². The van der Waals surface area contributed by atoms with E-state index in [1.165, 1.54) is 35.2 Å². The van der Waals surface area contributed by atoms with E-state index in [-0.39, 0.29) is 0 Å². The van der Waals surface area contributed by atoms with Crippen LogP contribution in [0.4, 0.5) is 5.69 Å². The van der Waals surface area contributed by atoms with Gasteiger partial charge < -0.3 is 10.1 Å². The molecule has 98 valence electrons. The Morgan fingerprint density at radius 3 is 2.79 bits per heavy atom. The zero-order valence-corrected chi connectivity index (χ0v) is 11.3. The van der Waals surface area contributed by atoms with Gasteiger partial charge in [-0.3, -0.25) is 0 Å². The van der Waals surface area contributed by atoms with Gasteiger partial charge in [-0.1, -0.05) is 35.9 Å². The molecule has 1 heterocycles. The van der Waals surface area contributed by atoms with Gasteiger partial charge in [-0.2, -0.15) is 0 Å². The first-order chi connectivity index (χ1) is 9.33. The Labute approximate surface area is 114 Å². The molecule has 1 aliphatic rings. The molecule has 0 unspecified atom stereocenters. The number of hydrogen-bond acceptors (Lipinski definition) is 2. The molecule has 2 heteroatoms. The summed E-state index contributed by atoms with van der Waals surface area (Å²) in [7, 11) is 0. The maximum Gasteiger partial charge on any atom is 0.119 e. The Morgan fingerprint density at radius 2 is 1.95 bits per heavy atom. The number of ether oxygens (including phenoxy) is 1. The van der Waals surface area contributed by atoms with E-state index in [0.717, 1.165) is 12.3 Å². The number of rotatable bonds is 3. The SMILES string of the molecule is Cc1ccc(OCc2cccc3c2NCCC3)cc1. The third-order valence-corrected chi connectivity index (χ3v) is 3.58. The lowest BCUT2D eigenvalue weighted by molar-refractivity contribution is 0.306.